The Morgan fingerprint density at radius 2 is 1.87 bits per heavy atom. The third kappa shape index (κ3) is 6.01. The van der Waals surface area contributed by atoms with Crippen molar-refractivity contribution in [1.82, 2.24) is 34.8 Å². The molecule has 238 valence electrons. The number of ether oxygens (including phenoxy) is 1. The first kappa shape index (κ1) is 30.4. The lowest BCUT2D eigenvalue weighted by Gasteiger charge is -2.39. The Labute approximate surface area is 273 Å². The Morgan fingerprint density at radius 3 is 2.68 bits per heavy atom. The van der Waals surface area contributed by atoms with Gasteiger partial charge in [0.15, 0.2) is 5.65 Å². The van der Waals surface area contributed by atoms with Gasteiger partial charge in [-0.25, -0.2) is 19.2 Å². The standard InChI is InChI=1S/C34H31FN8O3S/c1-34(2,3)46-33(45)41-16-6-7-23(20-41)42(30-25(8-4-13-37-30)29-17-21-19-36-15-12-28(21)47-29)32(44)24-11-10-22(18-26(24)35)43-31-27(39-40-43)9-5-14-38-31/h4-5,8-15,17-19,23H,6-7,16,20H2,1-3H3. The van der Waals surface area contributed by atoms with E-state index in [4.69, 9.17) is 9.72 Å². The minimum atomic E-state index is -0.734. The molecule has 5 aromatic heterocycles. The number of benzene rings is 1. The number of piperidine rings is 1. The molecule has 1 saturated heterocycles. The zero-order chi connectivity index (χ0) is 32.7. The number of amides is 2. The van der Waals surface area contributed by atoms with E-state index in [2.05, 4.69) is 20.3 Å². The smallest absolute Gasteiger partial charge is 0.410 e. The lowest BCUT2D eigenvalue weighted by atomic mass is 10.0. The number of likely N-dealkylation sites (tertiary alicyclic amines) is 1. The molecule has 1 aliphatic rings. The van der Waals surface area contributed by atoms with Crippen LogP contribution in [-0.4, -0.2) is 71.6 Å². The van der Waals surface area contributed by atoms with Crippen molar-refractivity contribution in [3.8, 4) is 16.1 Å². The van der Waals surface area contributed by atoms with Crippen LogP contribution in [0.15, 0.2) is 79.4 Å². The van der Waals surface area contributed by atoms with Crippen LogP contribution >= 0.6 is 11.3 Å². The maximum Gasteiger partial charge on any atom is 0.410 e. The molecule has 1 aliphatic heterocycles. The highest BCUT2D eigenvalue weighted by Gasteiger charge is 2.36. The van der Waals surface area contributed by atoms with Crippen LogP contribution in [-0.2, 0) is 4.74 Å². The molecule has 0 spiro atoms. The van der Waals surface area contributed by atoms with Gasteiger partial charge in [-0.15, -0.1) is 16.4 Å². The number of nitrogens with zero attached hydrogens (tertiary/aromatic N) is 8. The van der Waals surface area contributed by atoms with Gasteiger partial charge in [0, 0.05) is 64.5 Å². The number of carbonyl (C=O) groups excluding carboxylic acids is 2. The van der Waals surface area contributed by atoms with E-state index in [1.807, 2.05) is 45.0 Å². The first-order chi connectivity index (χ1) is 22.7. The fourth-order valence-electron chi connectivity index (χ4n) is 5.77. The number of hydrogen-bond acceptors (Lipinski definition) is 9. The van der Waals surface area contributed by atoms with Gasteiger partial charge in [-0.2, -0.15) is 4.68 Å². The summed E-state index contributed by atoms with van der Waals surface area (Å²) < 4.78 is 24.2. The van der Waals surface area contributed by atoms with Crippen LogP contribution in [0.3, 0.4) is 0 Å². The average molecular weight is 651 g/mol. The summed E-state index contributed by atoms with van der Waals surface area (Å²) >= 11 is 1.55. The predicted octanol–water partition coefficient (Wildman–Crippen LogP) is 6.67. The minimum absolute atomic E-state index is 0.141. The van der Waals surface area contributed by atoms with Crippen LogP contribution in [0.5, 0.6) is 0 Å². The molecule has 6 aromatic rings. The van der Waals surface area contributed by atoms with Crippen LogP contribution in [0.4, 0.5) is 15.0 Å². The Kier molecular flexibility index (Phi) is 7.84. The average Bonchev–Trinajstić information content (AvgIpc) is 3.69. The SMILES string of the molecule is CC(C)(C)OC(=O)N1CCCC(N(C(=O)c2ccc(-n3nnc4cccnc43)cc2F)c2ncccc2-c2cc3cnccc3s2)C1. The lowest BCUT2D eigenvalue weighted by Crippen LogP contribution is -2.53. The van der Waals surface area contributed by atoms with Crippen LogP contribution < -0.4 is 4.90 Å². The molecule has 0 aliphatic carbocycles. The van der Waals surface area contributed by atoms with Gasteiger partial charge in [-0.05, 0) is 82.1 Å². The van der Waals surface area contributed by atoms with E-state index in [9.17, 15) is 9.59 Å². The summed E-state index contributed by atoms with van der Waals surface area (Å²) in [5.74, 6) is -0.931. The first-order valence-electron chi connectivity index (χ1n) is 15.2. The summed E-state index contributed by atoms with van der Waals surface area (Å²) in [5.41, 5.74) is 1.29. The molecule has 0 radical (unpaired) electrons. The highest BCUT2D eigenvalue weighted by atomic mass is 32.1. The third-order valence-corrected chi connectivity index (χ3v) is 9.01. The van der Waals surface area contributed by atoms with E-state index >= 15 is 4.39 Å². The Hall–Kier alpha value is -5.30. The number of thiophene rings is 1. The zero-order valence-corrected chi connectivity index (χ0v) is 26.8. The number of rotatable bonds is 5. The molecule has 7 rings (SSSR count). The Morgan fingerprint density at radius 1 is 1.04 bits per heavy atom. The number of carbonyl (C=O) groups is 2. The fourth-order valence-corrected chi connectivity index (χ4v) is 6.82. The molecule has 1 unspecified atom stereocenters. The van der Waals surface area contributed by atoms with Gasteiger partial charge in [0.2, 0.25) is 0 Å². The maximum atomic E-state index is 16.1. The second-order valence-corrected chi connectivity index (χ2v) is 13.4. The van der Waals surface area contributed by atoms with Gasteiger partial charge in [0.1, 0.15) is 22.8 Å². The van der Waals surface area contributed by atoms with Crippen LogP contribution in [0, 0.1) is 5.82 Å². The molecule has 0 N–H and O–H groups in total. The van der Waals surface area contributed by atoms with Gasteiger partial charge in [0.05, 0.1) is 17.3 Å². The molecule has 0 saturated carbocycles. The molecule has 1 aromatic carbocycles. The van der Waals surface area contributed by atoms with Crippen molar-refractivity contribution >= 4 is 50.4 Å². The van der Waals surface area contributed by atoms with E-state index in [1.165, 1.54) is 16.8 Å². The van der Waals surface area contributed by atoms with E-state index in [0.717, 1.165) is 15.0 Å². The molecule has 2 amide bonds. The molecule has 1 atom stereocenters. The molecule has 0 bridgehead atoms. The van der Waals surface area contributed by atoms with Gasteiger partial charge in [-0.1, -0.05) is 5.21 Å². The van der Waals surface area contributed by atoms with Crippen molar-refractivity contribution in [2.24, 2.45) is 0 Å². The highest BCUT2D eigenvalue weighted by molar-refractivity contribution is 7.22. The molecule has 11 nitrogen and oxygen atoms in total. The minimum Gasteiger partial charge on any atom is -0.444 e. The summed E-state index contributed by atoms with van der Waals surface area (Å²) in [5, 5.41) is 9.20. The topological polar surface area (TPSA) is 119 Å². The first-order valence-corrected chi connectivity index (χ1v) is 16.0. The van der Waals surface area contributed by atoms with Crippen molar-refractivity contribution in [3.63, 3.8) is 0 Å². The van der Waals surface area contributed by atoms with Gasteiger partial charge in [-0.3, -0.25) is 14.7 Å². The second kappa shape index (κ2) is 12.1. The van der Waals surface area contributed by atoms with Crippen LogP contribution in [0.1, 0.15) is 44.0 Å². The molecule has 47 heavy (non-hydrogen) atoms. The molecular weight excluding hydrogens is 619 g/mol. The molecular formula is C34H31FN8O3S. The van der Waals surface area contributed by atoms with Crippen molar-refractivity contribution in [1.29, 1.82) is 0 Å². The fraction of sp³-hybridized carbons (Fsp3) is 0.265. The van der Waals surface area contributed by atoms with E-state index in [1.54, 1.807) is 64.1 Å². The van der Waals surface area contributed by atoms with Crippen LogP contribution in [0.25, 0.3) is 37.4 Å². The normalized spacial score (nSPS) is 15.2. The zero-order valence-electron chi connectivity index (χ0n) is 26.0. The summed E-state index contributed by atoms with van der Waals surface area (Å²) in [6, 6.07) is 15.0. The van der Waals surface area contributed by atoms with E-state index in [0.29, 0.717) is 47.6 Å². The van der Waals surface area contributed by atoms with Crippen molar-refractivity contribution in [3.05, 3.63) is 90.8 Å². The Bertz CT molecular complexity index is 2090. The number of hydrogen-bond donors (Lipinski definition) is 0. The van der Waals surface area contributed by atoms with E-state index in [-0.39, 0.29) is 12.1 Å². The number of fused-ring (bicyclic) bond motifs is 2. The molecule has 13 heteroatoms. The summed E-state index contributed by atoms with van der Waals surface area (Å²) in [4.78, 5) is 45.0. The lowest BCUT2D eigenvalue weighted by molar-refractivity contribution is 0.0196. The van der Waals surface area contributed by atoms with Crippen molar-refractivity contribution in [2.45, 2.75) is 45.3 Å². The maximum absolute atomic E-state index is 16.1. The number of anilines is 1. The molecule has 1 fully saturated rings. The third-order valence-electron chi connectivity index (χ3n) is 7.87. The monoisotopic (exact) mass is 650 g/mol. The van der Waals surface area contributed by atoms with Crippen molar-refractivity contribution in [2.75, 3.05) is 18.0 Å². The number of pyridine rings is 3. The number of aromatic nitrogens is 6. The number of halogens is 1. The Balaban J connectivity index is 1.30. The quantitative estimate of drug-likeness (QED) is 0.203. The summed E-state index contributed by atoms with van der Waals surface area (Å²) in [7, 11) is 0. The largest absolute Gasteiger partial charge is 0.444 e. The summed E-state index contributed by atoms with van der Waals surface area (Å²) in [6.45, 7) is 6.12. The molecule has 6 heterocycles. The highest BCUT2D eigenvalue weighted by Crippen LogP contribution is 2.39. The summed E-state index contributed by atoms with van der Waals surface area (Å²) in [6.07, 6.45) is 7.49. The van der Waals surface area contributed by atoms with Crippen LogP contribution in [0.2, 0.25) is 0 Å². The van der Waals surface area contributed by atoms with Gasteiger partial charge < -0.3 is 9.64 Å². The predicted molar refractivity (Wildman–Crippen MR) is 177 cm³/mol. The van der Waals surface area contributed by atoms with E-state index < -0.39 is 29.5 Å². The van der Waals surface area contributed by atoms with Crippen molar-refractivity contribution < 1.29 is 18.7 Å². The second-order valence-electron chi connectivity index (χ2n) is 12.3. The van der Waals surface area contributed by atoms with Gasteiger partial charge in [0.25, 0.3) is 5.91 Å². The van der Waals surface area contributed by atoms with Gasteiger partial charge >= 0.3 is 6.09 Å².